The van der Waals surface area contributed by atoms with Gasteiger partial charge in [-0.1, -0.05) is 0 Å². The summed E-state index contributed by atoms with van der Waals surface area (Å²) < 4.78 is 0. The van der Waals surface area contributed by atoms with E-state index in [9.17, 15) is 19.8 Å². The van der Waals surface area contributed by atoms with Crippen LogP contribution >= 0.6 is 0 Å². The molecule has 0 saturated carbocycles. The largest absolute Gasteiger partial charge is 1.00 e. The Kier molecular flexibility index (Phi) is 24.3. The van der Waals surface area contributed by atoms with E-state index in [2.05, 4.69) is 0 Å². The molecule has 0 aromatic carbocycles. The molecule has 0 aromatic rings. The van der Waals surface area contributed by atoms with Crippen molar-refractivity contribution in [2.24, 2.45) is 5.73 Å². The first-order valence-corrected chi connectivity index (χ1v) is 3.63. The molecule has 0 aliphatic heterocycles. The minimum atomic E-state index is -1.44. The van der Waals surface area contributed by atoms with Gasteiger partial charge in [-0.3, -0.25) is 4.79 Å². The van der Waals surface area contributed by atoms with E-state index in [1.807, 2.05) is 0 Å². The quantitative estimate of drug-likeness (QED) is 0.472. The predicted molar refractivity (Wildman–Crippen MR) is 40.5 cm³/mol. The second kappa shape index (κ2) is 15.4. The van der Waals surface area contributed by atoms with Gasteiger partial charge in [-0.25, -0.2) is 0 Å². The standard InChI is InChI=1S/C5H9NO4.C2H4O2.2Na/c6-3(5(9)10)1-2-4(7)8;1-2(3)4;;/h3H,1-2,6H2,(H,7,8)(H,9,10);1H3,(H,3,4);;/q;;2*+1/p-2/t3-;;;/m0.../s1. The van der Waals surface area contributed by atoms with Gasteiger partial charge in [0, 0.05) is 18.9 Å². The zero-order valence-corrected chi connectivity index (χ0v) is 13.6. The monoisotopic (exact) mass is 251 g/mol. The second-order valence-corrected chi connectivity index (χ2v) is 2.36. The molecule has 3 N–H and O–H groups in total. The van der Waals surface area contributed by atoms with Gasteiger partial charge in [0.15, 0.2) is 0 Å². The molecule has 0 aliphatic rings. The van der Waals surface area contributed by atoms with Gasteiger partial charge < -0.3 is 30.6 Å². The molecule has 7 nitrogen and oxygen atoms in total. The average molecular weight is 251 g/mol. The molecule has 0 bridgehead atoms. The third kappa shape index (κ3) is 29.3. The number of aliphatic carboxylic acids is 3. The summed E-state index contributed by atoms with van der Waals surface area (Å²) in [5.41, 5.74) is 4.91. The number of carbonyl (C=O) groups is 3. The van der Waals surface area contributed by atoms with Crippen LogP contribution in [0.4, 0.5) is 0 Å². The summed E-state index contributed by atoms with van der Waals surface area (Å²) in [6, 6.07) is -1.21. The molecule has 0 aliphatic carbocycles. The van der Waals surface area contributed by atoms with E-state index >= 15 is 0 Å². The Morgan fingerprint density at radius 1 is 1.25 bits per heavy atom. The number of rotatable bonds is 4. The van der Waals surface area contributed by atoms with Crippen molar-refractivity contribution in [2.75, 3.05) is 0 Å². The van der Waals surface area contributed by atoms with E-state index < -0.39 is 23.9 Å². The maximum Gasteiger partial charge on any atom is 1.00 e. The molecule has 0 saturated heterocycles. The molecule has 0 unspecified atom stereocenters. The number of carboxylic acid groups (broad SMARTS) is 3. The third-order valence-corrected chi connectivity index (χ3v) is 0.962. The fourth-order valence-corrected chi connectivity index (χ4v) is 0.391. The topological polar surface area (TPSA) is 144 Å². The van der Waals surface area contributed by atoms with E-state index in [1.54, 1.807) is 0 Å². The van der Waals surface area contributed by atoms with Crippen LogP contribution in [-0.4, -0.2) is 29.1 Å². The smallest absolute Gasteiger partial charge is 0.550 e. The Bertz CT molecular complexity index is 219. The fraction of sp³-hybridized carbons (Fsp3) is 0.571. The van der Waals surface area contributed by atoms with Gasteiger partial charge in [0.1, 0.15) is 0 Å². The number of carbonyl (C=O) groups excluding carboxylic acids is 2. The molecular weight excluding hydrogens is 240 g/mol. The summed E-state index contributed by atoms with van der Waals surface area (Å²) >= 11 is 0. The van der Waals surface area contributed by atoms with Crippen molar-refractivity contribution in [2.45, 2.75) is 25.8 Å². The van der Waals surface area contributed by atoms with Crippen LogP contribution in [0.2, 0.25) is 0 Å². The molecule has 0 fully saturated rings. The van der Waals surface area contributed by atoms with Crippen LogP contribution in [0, 0.1) is 0 Å². The molecule has 0 radical (unpaired) electrons. The third-order valence-electron chi connectivity index (χ3n) is 0.962. The van der Waals surface area contributed by atoms with E-state index in [0.29, 0.717) is 0 Å². The normalized spacial score (nSPS) is 9.38. The van der Waals surface area contributed by atoms with Crippen LogP contribution in [0.1, 0.15) is 19.8 Å². The minimum absolute atomic E-state index is 0. The van der Waals surface area contributed by atoms with Crippen LogP contribution in [-0.2, 0) is 14.4 Å². The Morgan fingerprint density at radius 3 is 1.75 bits per heavy atom. The first-order valence-electron chi connectivity index (χ1n) is 3.63. The molecule has 0 amide bonds. The SMILES string of the molecule is CC(=O)O.N[C@@H](CCC(=O)[O-])C(=O)[O-].[Na+].[Na+]. The van der Waals surface area contributed by atoms with Crippen molar-refractivity contribution >= 4 is 17.9 Å². The summed E-state index contributed by atoms with van der Waals surface area (Å²) in [7, 11) is 0. The summed E-state index contributed by atoms with van der Waals surface area (Å²) in [6.07, 6.45) is -0.500. The maximum atomic E-state index is 9.86. The molecule has 0 heterocycles. The number of hydrogen-bond donors (Lipinski definition) is 2. The number of hydrogen-bond acceptors (Lipinski definition) is 6. The molecule has 0 spiro atoms. The van der Waals surface area contributed by atoms with Crippen LogP contribution < -0.4 is 75.1 Å². The second-order valence-electron chi connectivity index (χ2n) is 2.36. The summed E-state index contributed by atoms with van der Waals surface area (Å²) in [5.74, 6) is -3.59. The Balaban J connectivity index is -0.000000105. The Labute approximate surface area is 137 Å². The molecule has 0 rings (SSSR count). The zero-order valence-electron chi connectivity index (χ0n) is 9.56. The van der Waals surface area contributed by atoms with E-state index in [0.717, 1.165) is 6.92 Å². The van der Waals surface area contributed by atoms with E-state index in [4.69, 9.17) is 15.6 Å². The van der Waals surface area contributed by atoms with Crippen molar-refractivity contribution < 1.29 is 88.8 Å². The van der Waals surface area contributed by atoms with Gasteiger partial charge in [-0.15, -0.1) is 0 Å². The summed E-state index contributed by atoms with van der Waals surface area (Å²) in [5, 5.41) is 27.0. The maximum absolute atomic E-state index is 9.86. The van der Waals surface area contributed by atoms with Crippen molar-refractivity contribution in [3.63, 3.8) is 0 Å². The van der Waals surface area contributed by atoms with Gasteiger partial charge in [-0.2, -0.15) is 0 Å². The van der Waals surface area contributed by atoms with Gasteiger partial charge in [0.2, 0.25) is 0 Å². The van der Waals surface area contributed by atoms with Crippen LogP contribution in [0.25, 0.3) is 0 Å². The predicted octanol–water partition coefficient (Wildman–Crippen LogP) is -9.31. The molecular formula is C7H11NNa2O6. The minimum Gasteiger partial charge on any atom is -0.550 e. The van der Waals surface area contributed by atoms with Gasteiger partial charge in [0.05, 0.1) is 5.97 Å². The molecule has 82 valence electrons. The molecule has 0 aromatic heterocycles. The molecule has 9 heteroatoms. The van der Waals surface area contributed by atoms with Crippen LogP contribution in [0.5, 0.6) is 0 Å². The van der Waals surface area contributed by atoms with Crippen molar-refractivity contribution in [3.8, 4) is 0 Å². The van der Waals surface area contributed by atoms with Gasteiger partial charge in [-0.05, 0) is 12.8 Å². The van der Waals surface area contributed by atoms with Crippen LogP contribution in [0.3, 0.4) is 0 Å². The van der Waals surface area contributed by atoms with Crippen molar-refractivity contribution in [3.05, 3.63) is 0 Å². The van der Waals surface area contributed by atoms with E-state index in [-0.39, 0.29) is 72.0 Å². The number of carboxylic acids is 3. The summed E-state index contributed by atoms with van der Waals surface area (Å²) in [4.78, 5) is 28.6. The van der Waals surface area contributed by atoms with Gasteiger partial charge in [0.25, 0.3) is 5.97 Å². The molecule has 1 atom stereocenters. The Hall–Kier alpha value is 0.370. The first kappa shape index (κ1) is 25.3. The Morgan fingerprint density at radius 2 is 1.56 bits per heavy atom. The zero-order chi connectivity index (χ0) is 11.7. The van der Waals surface area contributed by atoms with Crippen molar-refractivity contribution in [1.29, 1.82) is 0 Å². The average Bonchev–Trinajstić information content (AvgIpc) is 1.98. The fourth-order valence-electron chi connectivity index (χ4n) is 0.391. The van der Waals surface area contributed by atoms with E-state index in [1.165, 1.54) is 0 Å². The molecule has 16 heavy (non-hydrogen) atoms. The van der Waals surface area contributed by atoms with Crippen LogP contribution in [0.15, 0.2) is 0 Å². The first-order chi connectivity index (χ1) is 6.27. The number of nitrogens with two attached hydrogens (primary N) is 1. The van der Waals surface area contributed by atoms with Crippen molar-refractivity contribution in [1.82, 2.24) is 0 Å². The van der Waals surface area contributed by atoms with Gasteiger partial charge >= 0.3 is 59.1 Å². The summed E-state index contributed by atoms with van der Waals surface area (Å²) in [6.45, 7) is 1.08.